The van der Waals surface area contributed by atoms with Crippen molar-refractivity contribution < 1.29 is 13.6 Å². The van der Waals surface area contributed by atoms with E-state index in [1.807, 2.05) is 19.9 Å². The van der Waals surface area contributed by atoms with E-state index >= 15 is 0 Å². The van der Waals surface area contributed by atoms with E-state index in [0.717, 1.165) is 0 Å². The van der Waals surface area contributed by atoms with E-state index in [1.54, 1.807) is 19.7 Å². The van der Waals surface area contributed by atoms with E-state index in [0.29, 0.717) is 19.1 Å². The summed E-state index contributed by atoms with van der Waals surface area (Å²) in [6.45, 7) is 8.43. The van der Waals surface area contributed by atoms with Gasteiger partial charge >= 0.3 is 7.60 Å². The van der Waals surface area contributed by atoms with Gasteiger partial charge in [-0.15, -0.1) is 0 Å². The van der Waals surface area contributed by atoms with Gasteiger partial charge < -0.3 is 9.05 Å². The molecule has 0 saturated carbocycles. The number of hydrogen-bond donors (Lipinski definition) is 0. The summed E-state index contributed by atoms with van der Waals surface area (Å²) in [5.74, 6) is 1.90. The highest BCUT2D eigenvalue weighted by Gasteiger charge is 2.18. The molecule has 0 aromatic carbocycles. The average Bonchev–Trinajstić information content (AvgIpc) is 2.02. The molecule has 0 aliphatic heterocycles. The highest BCUT2D eigenvalue weighted by atomic mass is 31.2. The molecule has 78 valence electrons. The van der Waals surface area contributed by atoms with Crippen LogP contribution in [0.15, 0.2) is 11.9 Å². The molecule has 0 aromatic rings. The Morgan fingerprint density at radius 3 is 2.00 bits per heavy atom. The smallest absolute Gasteiger partial charge is 0.306 e. The van der Waals surface area contributed by atoms with Crippen LogP contribution < -0.4 is 0 Å². The summed E-state index contributed by atoms with van der Waals surface area (Å²) < 4.78 is 21.9. The molecule has 0 rings (SSSR count). The van der Waals surface area contributed by atoms with E-state index in [4.69, 9.17) is 9.05 Å². The topological polar surface area (TPSA) is 35.5 Å². The minimum absolute atomic E-state index is 0.356. The molecule has 0 aromatic heterocycles. The summed E-state index contributed by atoms with van der Waals surface area (Å²) in [6, 6.07) is 0. The van der Waals surface area contributed by atoms with Crippen molar-refractivity contribution in [2.45, 2.75) is 27.7 Å². The van der Waals surface area contributed by atoms with Crippen molar-refractivity contribution in [2.75, 3.05) is 13.2 Å². The lowest BCUT2D eigenvalue weighted by molar-refractivity contribution is 0.228. The van der Waals surface area contributed by atoms with Crippen molar-refractivity contribution in [2.24, 2.45) is 5.92 Å². The molecular formula is C9H19O3P. The Kier molecular flexibility index (Phi) is 6.31. The highest BCUT2D eigenvalue weighted by Crippen LogP contribution is 2.49. The largest absolute Gasteiger partial charge is 0.353 e. The molecule has 4 heteroatoms. The first-order chi connectivity index (χ1) is 6.04. The lowest BCUT2D eigenvalue weighted by Crippen LogP contribution is -1.93. The predicted molar refractivity (Wildman–Crippen MR) is 54.8 cm³/mol. The van der Waals surface area contributed by atoms with Crippen molar-refractivity contribution in [1.29, 1.82) is 0 Å². The number of allylic oxidation sites excluding steroid dienone is 1. The molecule has 0 aliphatic carbocycles. The van der Waals surface area contributed by atoms with Gasteiger partial charge in [-0.25, -0.2) is 0 Å². The van der Waals surface area contributed by atoms with Gasteiger partial charge in [0.05, 0.1) is 13.2 Å². The predicted octanol–water partition coefficient (Wildman–Crippen LogP) is 3.42. The van der Waals surface area contributed by atoms with Gasteiger partial charge in [0.2, 0.25) is 0 Å². The maximum atomic E-state index is 11.8. The summed E-state index contributed by atoms with van der Waals surface area (Å²) in [7, 11) is -2.95. The molecular weight excluding hydrogens is 187 g/mol. The SMILES string of the molecule is CCOP(=O)(C=CC(C)C)OCC. The van der Waals surface area contributed by atoms with E-state index in [-0.39, 0.29) is 0 Å². The molecule has 0 bridgehead atoms. The third kappa shape index (κ3) is 6.03. The van der Waals surface area contributed by atoms with Crippen LogP contribution in [0.5, 0.6) is 0 Å². The Hall–Kier alpha value is -0.110. The summed E-state index contributed by atoms with van der Waals surface area (Å²) in [6.07, 6.45) is 1.84. The zero-order valence-electron chi connectivity index (χ0n) is 8.82. The van der Waals surface area contributed by atoms with Crippen molar-refractivity contribution >= 4 is 7.60 Å². The van der Waals surface area contributed by atoms with Crippen LogP contribution in [0.4, 0.5) is 0 Å². The van der Waals surface area contributed by atoms with Gasteiger partial charge in [-0.3, -0.25) is 4.57 Å². The fourth-order valence-corrected chi connectivity index (χ4v) is 2.28. The van der Waals surface area contributed by atoms with E-state index in [1.165, 1.54) is 0 Å². The number of hydrogen-bond acceptors (Lipinski definition) is 3. The normalized spacial score (nSPS) is 13.0. The summed E-state index contributed by atoms with van der Waals surface area (Å²) in [4.78, 5) is 0. The molecule has 0 saturated heterocycles. The first-order valence-corrected chi connectivity index (χ1v) is 6.23. The van der Waals surface area contributed by atoms with Crippen LogP contribution in [0, 0.1) is 5.92 Å². The van der Waals surface area contributed by atoms with Crippen LogP contribution in [0.25, 0.3) is 0 Å². The van der Waals surface area contributed by atoms with Gasteiger partial charge in [0.1, 0.15) is 0 Å². The fraction of sp³-hybridized carbons (Fsp3) is 0.778. The van der Waals surface area contributed by atoms with Crippen LogP contribution in [-0.4, -0.2) is 13.2 Å². The van der Waals surface area contributed by atoms with E-state index < -0.39 is 7.60 Å². The monoisotopic (exact) mass is 206 g/mol. The Morgan fingerprint density at radius 1 is 1.23 bits per heavy atom. The van der Waals surface area contributed by atoms with Crippen molar-refractivity contribution in [1.82, 2.24) is 0 Å². The number of rotatable bonds is 6. The van der Waals surface area contributed by atoms with Crippen molar-refractivity contribution in [3.05, 3.63) is 11.9 Å². The average molecular weight is 206 g/mol. The Balaban J connectivity index is 4.31. The second kappa shape index (κ2) is 6.36. The second-order valence-corrected chi connectivity index (χ2v) is 4.86. The lowest BCUT2D eigenvalue weighted by atomic mass is 10.2. The van der Waals surface area contributed by atoms with E-state index in [9.17, 15) is 4.57 Å². The minimum atomic E-state index is -2.95. The zero-order valence-corrected chi connectivity index (χ0v) is 9.71. The van der Waals surface area contributed by atoms with Gasteiger partial charge in [0, 0.05) is 5.82 Å². The Morgan fingerprint density at radius 2 is 1.69 bits per heavy atom. The van der Waals surface area contributed by atoms with Gasteiger partial charge in [0.15, 0.2) is 0 Å². The lowest BCUT2D eigenvalue weighted by Gasteiger charge is -2.12. The first-order valence-electron chi connectivity index (χ1n) is 4.62. The standard InChI is InChI=1S/C9H19O3P/c1-5-11-13(10,12-6-2)8-7-9(3)4/h7-9H,5-6H2,1-4H3. The van der Waals surface area contributed by atoms with Crippen LogP contribution in [0.3, 0.4) is 0 Å². The highest BCUT2D eigenvalue weighted by molar-refractivity contribution is 7.57. The molecule has 0 atom stereocenters. The third-order valence-corrected chi connectivity index (χ3v) is 3.05. The summed E-state index contributed by atoms with van der Waals surface area (Å²) in [5, 5.41) is 0. The molecule has 0 amide bonds. The first kappa shape index (κ1) is 12.9. The second-order valence-electron chi connectivity index (χ2n) is 2.96. The molecule has 0 N–H and O–H groups in total. The van der Waals surface area contributed by atoms with Crippen LogP contribution in [0.2, 0.25) is 0 Å². The van der Waals surface area contributed by atoms with Gasteiger partial charge in [0.25, 0.3) is 0 Å². The third-order valence-electron chi connectivity index (χ3n) is 1.27. The quantitative estimate of drug-likeness (QED) is 0.624. The summed E-state index contributed by atoms with van der Waals surface area (Å²) >= 11 is 0. The Bertz CT molecular complexity index is 189. The minimum Gasteiger partial charge on any atom is -0.306 e. The van der Waals surface area contributed by atoms with Gasteiger partial charge in [-0.1, -0.05) is 19.9 Å². The van der Waals surface area contributed by atoms with Gasteiger partial charge in [-0.2, -0.15) is 0 Å². The summed E-state index contributed by atoms with van der Waals surface area (Å²) in [5.41, 5.74) is 0. The molecule has 0 aliphatic rings. The Labute approximate surface area is 80.7 Å². The van der Waals surface area contributed by atoms with Crippen molar-refractivity contribution in [3.8, 4) is 0 Å². The van der Waals surface area contributed by atoms with Crippen LogP contribution in [0.1, 0.15) is 27.7 Å². The van der Waals surface area contributed by atoms with Crippen molar-refractivity contribution in [3.63, 3.8) is 0 Å². The maximum Gasteiger partial charge on any atom is 0.353 e. The molecule has 0 heterocycles. The van der Waals surface area contributed by atoms with Crippen LogP contribution in [-0.2, 0) is 13.6 Å². The molecule has 0 spiro atoms. The molecule has 0 fully saturated rings. The van der Waals surface area contributed by atoms with Gasteiger partial charge in [-0.05, 0) is 19.8 Å². The fourth-order valence-electron chi connectivity index (χ4n) is 0.761. The molecule has 13 heavy (non-hydrogen) atoms. The zero-order chi connectivity index (χ0) is 10.3. The maximum absolute atomic E-state index is 11.8. The van der Waals surface area contributed by atoms with E-state index in [2.05, 4.69) is 0 Å². The molecule has 3 nitrogen and oxygen atoms in total. The molecule has 0 unspecified atom stereocenters. The van der Waals surface area contributed by atoms with Crippen LogP contribution >= 0.6 is 7.60 Å². The molecule has 0 radical (unpaired) electrons.